The van der Waals surface area contributed by atoms with Crippen LogP contribution in [0.3, 0.4) is 0 Å². The molecule has 0 aromatic heterocycles. The van der Waals surface area contributed by atoms with Gasteiger partial charge in [0.25, 0.3) is 5.91 Å². The molecule has 112 valence electrons. The third-order valence-corrected chi connectivity index (χ3v) is 3.93. The molecule has 4 heteroatoms. The number of ketones is 1. The summed E-state index contributed by atoms with van der Waals surface area (Å²) in [6, 6.07) is 12.5. The number of para-hydroxylation sites is 1. The molecule has 0 radical (unpaired) electrons. The van der Waals surface area contributed by atoms with E-state index < -0.39 is 5.91 Å². The Labute approximate surface area is 128 Å². The van der Waals surface area contributed by atoms with E-state index in [1.54, 1.807) is 24.3 Å². The number of carbonyl (C=O) groups excluding carboxylic acids is 2. The maximum atomic E-state index is 12.3. The van der Waals surface area contributed by atoms with Crippen molar-refractivity contribution in [3.8, 4) is 5.75 Å². The monoisotopic (exact) mass is 295 g/mol. The second kappa shape index (κ2) is 6.02. The first kappa shape index (κ1) is 14.3. The van der Waals surface area contributed by atoms with Gasteiger partial charge in [0.15, 0.2) is 12.4 Å². The summed E-state index contributed by atoms with van der Waals surface area (Å²) >= 11 is 0. The third-order valence-electron chi connectivity index (χ3n) is 3.93. The first-order valence-electron chi connectivity index (χ1n) is 7.32. The molecule has 2 aromatic rings. The Bertz CT molecular complexity index is 737. The van der Waals surface area contributed by atoms with Crippen LogP contribution in [0.15, 0.2) is 42.5 Å². The number of hydrogen-bond donors (Lipinski definition) is 1. The number of rotatable bonds is 5. The normalized spacial score (nSPS) is 12.7. The van der Waals surface area contributed by atoms with Crippen LogP contribution in [0.1, 0.15) is 38.3 Å². The van der Waals surface area contributed by atoms with Gasteiger partial charge in [0.05, 0.1) is 5.56 Å². The van der Waals surface area contributed by atoms with Gasteiger partial charge in [0, 0.05) is 5.56 Å². The molecule has 0 heterocycles. The fourth-order valence-corrected chi connectivity index (χ4v) is 2.77. The molecule has 0 bridgehead atoms. The van der Waals surface area contributed by atoms with Gasteiger partial charge in [-0.2, -0.15) is 0 Å². The summed E-state index contributed by atoms with van der Waals surface area (Å²) in [5, 5.41) is 0. The summed E-state index contributed by atoms with van der Waals surface area (Å²) in [4.78, 5) is 23.6. The number of aryl methyl sites for hydroxylation is 2. The molecular weight excluding hydrogens is 278 g/mol. The van der Waals surface area contributed by atoms with Crippen LogP contribution in [0.2, 0.25) is 0 Å². The van der Waals surface area contributed by atoms with Crippen molar-refractivity contribution in [3.05, 3.63) is 64.7 Å². The van der Waals surface area contributed by atoms with E-state index in [1.165, 1.54) is 11.1 Å². The highest BCUT2D eigenvalue weighted by Gasteiger charge is 2.15. The topological polar surface area (TPSA) is 69.4 Å². The standard InChI is InChI=1S/C18H17NO3/c19-18(21)15-6-1-2-7-17(15)22-11-16(20)14-9-8-12-4-3-5-13(12)10-14/h1-2,6-10H,3-5,11H2,(H2,19,21). The minimum atomic E-state index is -0.569. The Morgan fingerprint density at radius 1 is 1.05 bits per heavy atom. The van der Waals surface area contributed by atoms with Crippen molar-refractivity contribution in [2.45, 2.75) is 19.3 Å². The molecule has 1 amide bonds. The second-order valence-corrected chi connectivity index (χ2v) is 5.41. The van der Waals surface area contributed by atoms with E-state index in [4.69, 9.17) is 10.5 Å². The lowest BCUT2D eigenvalue weighted by molar-refractivity contribution is 0.0912. The number of carbonyl (C=O) groups is 2. The van der Waals surface area contributed by atoms with Gasteiger partial charge < -0.3 is 10.5 Å². The fraction of sp³-hybridized carbons (Fsp3) is 0.222. The first-order chi connectivity index (χ1) is 10.6. The van der Waals surface area contributed by atoms with E-state index in [2.05, 4.69) is 0 Å². The van der Waals surface area contributed by atoms with Crippen molar-refractivity contribution in [2.24, 2.45) is 5.73 Å². The predicted molar refractivity (Wildman–Crippen MR) is 83.3 cm³/mol. The quantitative estimate of drug-likeness (QED) is 0.862. The van der Waals surface area contributed by atoms with Crippen LogP contribution in [0.4, 0.5) is 0 Å². The molecule has 2 aromatic carbocycles. The molecule has 1 aliphatic rings. The van der Waals surface area contributed by atoms with Crippen molar-refractivity contribution in [3.63, 3.8) is 0 Å². The molecule has 2 N–H and O–H groups in total. The van der Waals surface area contributed by atoms with Crippen LogP contribution in [0.5, 0.6) is 5.75 Å². The molecule has 3 rings (SSSR count). The van der Waals surface area contributed by atoms with Crippen LogP contribution >= 0.6 is 0 Å². The largest absolute Gasteiger partial charge is 0.485 e. The number of ether oxygens (including phenoxy) is 1. The van der Waals surface area contributed by atoms with Crippen LogP contribution in [0.25, 0.3) is 0 Å². The van der Waals surface area contributed by atoms with Gasteiger partial charge in [-0.15, -0.1) is 0 Å². The van der Waals surface area contributed by atoms with E-state index >= 15 is 0 Å². The Morgan fingerprint density at radius 2 is 1.82 bits per heavy atom. The zero-order chi connectivity index (χ0) is 15.5. The van der Waals surface area contributed by atoms with Crippen LogP contribution in [0, 0.1) is 0 Å². The van der Waals surface area contributed by atoms with Gasteiger partial charge >= 0.3 is 0 Å². The number of fused-ring (bicyclic) bond motifs is 1. The lowest BCUT2D eigenvalue weighted by Gasteiger charge is -2.09. The maximum Gasteiger partial charge on any atom is 0.252 e. The van der Waals surface area contributed by atoms with E-state index in [0.717, 1.165) is 19.3 Å². The average molecular weight is 295 g/mol. The van der Waals surface area contributed by atoms with Gasteiger partial charge in [-0.05, 0) is 48.6 Å². The van der Waals surface area contributed by atoms with Crippen LogP contribution in [-0.2, 0) is 12.8 Å². The highest BCUT2D eigenvalue weighted by atomic mass is 16.5. The lowest BCUT2D eigenvalue weighted by atomic mass is 10.0. The van der Waals surface area contributed by atoms with E-state index in [0.29, 0.717) is 11.3 Å². The van der Waals surface area contributed by atoms with Crippen molar-refractivity contribution in [2.75, 3.05) is 6.61 Å². The molecular formula is C18H17NO3. The minimum Gasteiger partial charge on any atom is -0.485 e. The summed E-state index contributed by atoms with van der Waals surface area (Å²) in [5.74, 6) is -0.334. The molecule has 0 fully saturated rings. The summed E-state index contributed by atoms with van der Waals surface area (Å²) < 4.78 is 5.48. The Morgan fingerprint density at radius 3 is 2.64 bits per heavy atom. The van der Waals surface area contributed by atoms with Gasteiger partial charge in [-0.1, -0.05) is 24.3 Å². The zero-order valence-corrected chi connectivity index (χ0v) is 12.2. The first-order valence-corrected chi connectivity index (χ1v) is 7.32. The van der Waals surface area contributed by atoms with Gasteiger partial charge in [-0.25, -0.2) is 0 Å². The number of benzene rings is 2. The Kier molecular flexibility index (Phi) is 3.92. The smallest absolute Gasteiger partial charge is 0.252 e. The molecule has 0 saturated heterocycles. The lowest BCUT2D eigenvalue weighted by Crippen LogP contribution is -2.16. The minimum absolute atomic E-state index is 0.103. The molecule has 1 aliphatic carbocycles. The van der Waals surface area contributed by atoms with Gasteiger partial charge in [0.2, 0.25) is 0 Å². The average Bonchev–Trinajstić information content (AvgIpc) is 3.00. The summed E-state index contributed by atoms with van der Waals surface area (Å²) in [7, 11) is 0. The summed E-state index contributed by atoms with van der Waals surface area (Å²) in [6.45, 7) is -0.108. The molecule has 0 aliphatic heterocycles. The van der Waals surface area contributed by atoms with Crippen molar-refractivity contribution in [1.82, 2.24) is 0 Å². The zero-order valence-electron chi connectivity index (χ0n) is 12.2. The molecule has 0 atom stereocenters. The summed E-state index contributed by atoms with van der Waals surface area (Å²) in [6.07, 6.45) is 3.27. The third kappa shape index (κ3) is 2.86. The van der Waals surface area contributed by atoms with Crippen molar-refractivity contribution < 1.29 is 14.3 Å². The van der Waals surface area contributed by atoms with Crippen LogP contribution < -0.4 is 10.5 Å². The molecule has 0 unspecified atom stereocenters. The Hall–Kier alpha value is -2.62. The number of amides is 1. The highest BCUT2D eigenvalue weighted by molar-refractivity contribution is 5.98. The van der Waals surface area contributed by atoms with E-state index in [1.807, 2.05) is 18.2 Å². The van der Waals surface area contributed by atoms with Crippen molar-refractivity contribution in [1.29, 1.82) is 0 Å². The number of Topliss-reactive ketones (excluding diaryl/α,β-unsaturated/α-hetero) is 1. The van der Waals surface area contributed by atoms with E-state index in [-0.39, 0.29) is 18.0 Å². The number of primary amides is 1. The number of nitrogens with two attached hydrogens (primary N) is 1. The highest BCUT2D eigenvalue weighted by Crippen LogP contribution is 2.23. The molecule has 4 nitrogen and oxygen atoms in total. The number of hydrogen-bond acceptors (Lipinski definition) is 3. The fourth-order valence-electron chi connectivity index (χ4n) is 2.77. The Balaban J connectivity index is 1.72. The molecule has 0 spiro atoms. The molecule has 0 saturated carbocycles. The van der Waals surface area contributed by atoms with Gasteiger partial charge in [0.1, 0.15) is 5.75 Å². The SMILES string of the molecule is NC(=O)c1ccccc1OCC(=O)c1ccc2c(c1)CCC2. The predicted octanol–water partition coefficient (Wildman–Crippen LogP) is 2.54. The van der Waals surface area contributed by atoms with Gasteiger partial charge in [-0.3, -0.25) is 9.59 Å². The summed E-state index contributed by atoms with van der Waals surface area (Å²) in [5.41, 5.74) is 8.80. The maximum absolute atomic E-state index is 12.3. The van der Waals surface area contributed by atoms with Crippen LogP contribution in [-0.4, -0.2) is 18.3 Å². The second-order valence-electron chi connectivity index (χ2n) is 5.41. The van der Waals surface area contributed by atoms with Crippen molar-refractivity contribution >= 4 is 11.7 Å². The van der Waals surface area contributed by atoms with E-state index in [9.17, 15) is 9.59 Å². The molecule has 22 heavy (non-hydrogen) atoms.